The SMILES string of the molecule is C[C@@H]1Cc2ccccc2N1C(=O)[C@H](C)[N+]12CCN(CC1)CC2. The molecule has 3 saturated heterocycles. The molecular formula is C18H26N3O+. The van der Waals surface area contributed by atoms with Crippen LogP contribution in [0.25, 0.3) is 0 Å². The molecule has 2 atom stereocenters. The largest absolute Gasteiger partial charge is 0.310 e. The van der Waals surface area contributed by atoms with Crippen LogP contribution in [-0.4, -0.2) is 66.6 Å². The smallest absolute Gasteiger partial charge is 0.285 e. The van der Waals surface area contributed by atoms with Gasteiger partial charge in [-0.1, -0.05) is 18.2 Å². The third kappa shape index (κ3) is 2.01. The number of quaternary nitrogens is 1. The maximum Gasteiger partial charge on any atom is 0.285 e. The van der Waals surface area contributed by atoms with Crippen LogP contribution in [0.1, 0.15) is 19.4 Å². The summed E-state index contributed by atoms with van der Waals surface area (Å²) in [5.74, 6) is 0.327. The molecule has 1 aromatic rings. The van der Waals surface area contributed by atoms with Crippen LogP contribution >= 0.6 is 0 Å². The summed E-state index contributed by atoms with van der Waals surface area (Å²) in [5.41, 5.74) is 2.46. The third-order valence-electron chi connectivity index (χ3n) is 6.21. The van der Waals surface area contributed by atoms with Crippen molar-refractivity contribution in [1.82, 2.24) is 4.90 Å². The zero-order chi connectivity index (χ0) is 15.3. The summed E-state index contributed by atoms with van der Waals surface area (Å²) in [7, 11) is 0. The van der Waals surface area contributed by atoms with E-state index in [4.69, 9.17) is 0 Å². The van der Waals surface area contributed by atoms with Gasteiger partial charge in [0.25, 0.3) is 5.91 Å². The lowest BCUT2D eigenvalue weighted by Crippen LogP contribution is -2.72. The Bertz CT molecular complexity index is 578. The van der Waals surface area contributed by atoms with Gasteiger partial charge in [-0.25, -0.2) is 0 Å². The number of hydrogen-bond acceptors (Lipinski definition) is 2. The predicted molar refractivity (Wildman–Crippen MR) is 87.9 cm³/mol. The molecule has 5 rings (SSSR count). The number of carbonyl (C=O) groups excluding carboxylic acids is 1. The number of benzene rings is 1. The molecule has 4 nitrogen and oxygen atoms in total. The van der Waals surface area contributed by atoms with Gasteiger partial charge in [-0.3, -0.25) is 9.69 Å². The van der Waals surface area contributed by atoms with E-state index in [-0.39, 0.29) is 12.1 Å². The summed E-state index contributed by atoms with van der Waals surface area (Å²) in [6, 6.07) is 8.77. The van der Waals surface area contributed by atoms with Crippen molar-refractivity contribution in [2.45, 2.75) is 32.4 Å². The summed E-state index contributed by atoms with van der Waals surface area (Å²) in [4.78, 5) is 17.9. The molecule has 0 N–H and O–H groups in total. The topological polar surface area (TPSA) is 23.6 Å². The van der Waals surface area contributed by atoms with Crippen LogP contribution < -0.4 is 4.90 Å². The number of anilines is 1. The normalized spacial score (nSPS) is 34.5. The first-order valence-corrected chi connectivity index (χ1v) is 8.60. The van der Waals surface area contributed by atoms with Gasteiger partial charge in [-0.15, -0.1) is 0 Å². The second-order valence-corrected chi connectivity index (χ2v) is 7.30. The van der Waals surface area contributed by atoms with Crippen LogP contribution in [0.3, 0.4) is 0 Å². The summed E-state index contributed by atoms with van der Waals surface area (Å²) in [5, 5.41) is 0. The molecule has 0 aliphatic carbocycles. The first-order valence-electron chi connectivity index (χ1n) is 8.60. The van der Waals surface area contributed by atoms with Gasteiger partial charge in [0.15, 0.2) is 6.04 Å². The summed E-state index contributed by atoms with van der Waals surface area (Å²) >= 11 is 0. The van der Waals surface area contributed by atoms with Crippen molar-refractivity contribution in [1.29, 1.82) is 0 Å². The minimum absolute atomic E-state index is 0.0797. The van der Waals surface area contributed by atoms with Crippen molar-refractivity contribution in [2.24, 2.45) is 0 Å². The van der Waals surface area contributed by atoms with Crippen LogP contribution in [0.15, 0.2) is 24.3 Å². The number of carbonyl (C=O) groups is 1. The number of fused-ring (bicyclic) bond motifs is 4. The van der Waals surface area contributed by atoms with Gasteiger partial charge in [0.05, 0.1) is 19.6 Å². The molecule has 22 heavy (non-hydrogen) atoms. The predicted octanol–water partition coefficient (Wildman–Crippen LogP) is 1.50. The van der Waals surface area contributed by atoms with Gasteiger partial charge in [-0.05, 0) is 31.9 Å². The van der Waals surface area contributed by atoms with Crippen molar-refractivity contribution >= 4 is 11.6 Å². The van der Waals surface area contributed by atoms with Crippen LogP contribution in [0.2, 0.25) is 0 Å². The van der Waals surface area contributed by atoms with Crippen LogP contribution in [0.5, 0.6) is 0 Å². The van der Waals surface area contributed by atoms with Gasteiger partial charge in [0, 0.05) is 31.4 Å². The number of piperazine rings is 3. The van der Waals surface area contributed by atoms with Crippen molar-refractivity contribution in [3.63, 3.8) is 0 Å². The van der Waals surface area contributed by atoms with E-state index in [0.29, 0.717) is 5.91 Å². The molecule has 0 aromatic heterocycles. The van der Waals surface area contributed by atoms with E-state index in [1.165, 1.54) is 5.56 Å². The number of rotatable bonds is 2. The van der Waals surface area contributed by atoms with Gasteiger partial charge in [0.1, 0.15) is 0 Å². The number of hydrogen-bond donors (Lipinski definition) is 0. The molecular weight excluding hydrogens is 274 g/mol. The zero-order valence-electron chi connectivity index (χ0n) is 13.7. The van der Waals surface area contributed by atoms with Gasteiger partial charge >= 0.3 is 0 Å². The first-order chi connectivity index (χ1) is 10.6. The van der Waals surface area contributed by atoms with Crippen LogP contribution in [-0.2, 0) is 11.2 Å². The van der Waals surface area contributed by atoms with E-state index < -0.39 is 0 Å². The highest BCUT2D eigenvalue weighted by atomic mass is 16.2. The van der Waals surface area contributed by atoms with Crippen LogP contribution in [0.4, 0.5) is 5.69 Å². The lowest BCUT2D eigenvalue weighted by molar-refractivity contribution is -0.953. The van der Waals surface area contributed by atoms with Gasteiger partial charge < -0.3 is 9.38 Å². The van der Waals surface area contributed by atoms with E-state index in [9.17, 15) is 4.79 Å². The van der Waals surface area contributed by atoms with Gasteiger partial charge in [-0.2, -0.15) is 0 Å². The molecule has 4 heterocycles. The number of amides is 1. The van der Waals surface area contributed by atoms with Gasteiger partial charge in [0.2, 0.25) is 0 Å². The fourth-order valence-electron chi connectivity index (χ4n) is 4.61. The Balaban J connectivity index is 1.61. The first kappa shape index (κ1) is 14.2. The molecule has 3 fully saturated rings. The molecule has 0 saturated carbocycles. The lowest BCUT2D eigenvalue weighted by atomic mass is 10.0. The third-order valence-corrected chi connectivity index (χ3v) is 6.21. The van der Waals surface area contributed by atoms with Crippen molar-refractivity contribution in [2.75, 3.05) is 44.2 Å². The number of para-hydroxylation sites is 1. The van der Waals surface area contributed by atoms with E-state index in [0.717, 1.165) is 55.9 Å². The Morgan fingerprint density at radius 2 is 1.82 bits per heavy atom. The average Bonchev–Trinajstić information content (AvgIpc) is 2.91. The number of nitrogens with zero attached hydrogens (tertiary/aromatic N) is 3. The Kier molecular flexibility index (Phi) is 3.27. The molecule has 1 aromatic carbocycles. The summed E-state index contributed by atoms with van der Waals surface area (Å²) in [6.07, 6.45) is 0.989. The minimum atomic E-state index is 0.0797. The fraction of sp³-hybridized carbons (Fsp3) is 0.611. The van der Waals surface area contributed by atoms with E-state index in [1.54, 1.807) is 0 Å². The van der Waals surface area contributed by atoms with Crippen molar-refractivity contribution in [3.8, 4) is 0 Å². The highest BCUT2D eigenvalue weighted by molar-refractivity contribution is 5.98. The quantitative estimate of drug-likeness (QED) is 0.773. The maximum absolute atomic E-state index is 13.3. The van der Waals surface area contributed by atoms with E-state index in [1.807, 2.05) is 6.07 Å². The molecule has 4 aliphatic heterocycles. The standard InChI is InChI=1S/C18H26N3O/c1-14-13-16-5-3-4-6-17(16)20(14)18(22)15(2)21-10-7-19(8-11-21)9-12-21/h3-6,14-15H,7-13H2,1-2H3/q+1/t14-,15+/m1/s1. The zero-order valence-corrected chi connectivity index (χ0v) is 13.7. The minimum Gasteiger partial charge on any atom is -0.310 e. The Morgan fingerprint density at radius 1 is 1.18 bits per heavy atom. The molecule has 2 bridgehead atoms. The van der Waals surface area contributed by atoms with Crippen LogP contribution in [0, 0.1) is 0 Å². The molecule has 4 heteroatoms. The molecule has 4 aliphatic rings. The Labute approximate surface area is 132 Å². The van der Waals surface area contributed by atoms with E-state index >= 15 is 0 Å². The molecule has 0 unspecified atom stereocenters. The lowest BCUT2D eigenvalue weighted by Gasteiger charge is -2.53. The average molecular weight is 300 g/mol. The molecule has 0 radical (unpaired) electrons. The summed E-state index contributed by atoms with van der Waals surface area (Å²) in [6.45, 7) is 11.2. The monoisotopic (exact) mass is 300 g/mol. The highest BCUT2D eigenvalue weighted by Crippen LogP contribution is 2.34. The molecule has 0 spiro atoms. The molecule has 118 valence electrons. The van der Waals surface area contributed by atoms with Crippen molar-refractivity contribution in [3.05, 3.63) is 29.8 Å². The van der Waals surface area contributed by atoms with E-state index in [2.05, 4.69) is 41.8 Å². The maximum atomic E-state index is 13.3. The Hall–Kier alpha value is -1.39. The molecule has 1 amide bonds. The highest BCUT2D eigenvalue weighted by Gasteiger charge is 2.47. The van der Waals surface area contributed by atoms with Crippen molar-refractivity contribution < 1.29 is 9.28 Å². The second kappa shape index (κ2) is 5.07. The fourth-order valence-corrected chi connectivity index (χ4v) is 4.61. The second-order valence-electron chi connectivity index (χ2n) is 7.30. The summed E-state index contributed by atoms with van der Waals surface area (Å²) < 4.78 is 1.00. The Morgan fingerprint density at radius 3 is 2.50 bits per heavy atom.